The van der Waals surface area contributed by atoms with E-state index in [1.54, 1.807) is 0 Å². The van der Waals surface area contributed by atoms with Gasteiger partial charge in [0.2, 0.25) is 0 Å². The van der Waals surface area contributed by atoms with Crippen molar-refractivity contribution in [2.75, 3.05) is 25.4 Å². The van der Waals surface area contributed by atoms with Crippen LogP contribution in [0.25, 0.3) is 0 Å². The van der Waals surface area contributed by atoms with Gasteiger partial charge in [-0.25, -0.2) is 0 Å². The van der Waals surface area contributed by atoms with Crippen LogP contribution in [-0.4, -0.2) is 54.2 Å². The Balaban J connectivity index is 0. The Morgan fingerprint density at radius 1 is 0.947 bits per heavy atom. The van der Waals surface area contributed by atoms with Crippen molar-refractivity contribution in [1.29, 1.82) is 0 Å². The molecule has 0 atom stereocenters. The zero-order valence-corrected chi connectivity index (χ0v) is 12.2. The topological polar surface area (TPSA) is 161 Å². The summed E-state index contributed by atoms with van der Waals surface area (Å²) in [5.41, 5.74) is 0. The van der Waals surface area contributed by atoms with Gasteiger partial charge < -0.3 is 20.4 Å². The molecule has 9 nitrogen and oxygen atoms in total. The van der Waals surface area contributed by atoms with E-state index in [1.165, 1.54) is 0 Å². The van der Waals surface area contributed by atoms with Gasteiger partial charge in [-0.2, -0.15) is 12.6 Å². The SMILES string of the molecule is O=C(O)CN=C([O-])CN=C([O-])CN=C([O-])CS.[O]=[Tc+3]. The minimum atomic E-state index is -1.25. The summed E-state index contributed by atoms with van der Waals surface area (Å²) in [6, 6.07) is 0. The number of carbonyl (C=O) groups is 1. The molecule has 0 amide bonds. The normalized spacial score (nSPS) is 12.5. The van der Waals surface area contributed by atoms with Crippen LogP contribution < -0.4 is 15.3 Å². The quantitative estimate of drug-likeness (QED) is 0.264. The molecular formula is C8H10N3O6STc. The Labute approximate surface area is 124 Å². The Kier molecular flexibility index (Phi) is 13.8. The van der Waals surface area contributed by atoms with Crippen LogP contribution in [0.2, 0.25) is 0 Å². The van der Waals surface area contributed by atoms with E-state index in [9.17, 15) is 20.1 Å². The van der Waals surface area contributed by atoms with Crippen LogP contribution in [0.3, 0.4) is 0 Å². The molecule has 0 aromatic heterocycles. The van der Waals surface area contributed by atoms with Gasteiger partial charge in [0, 0.05) is 5.75 Å². The van der Waals surface area contributed by atoms with E-state index in [2.05, 4.69) is 27.6 Å². The zero-order valence-electron chi connectivity index (χ0n) is 9.48. The molecule has 0 spiro atoms. The average Bonchev–Trinajstić information content (AvgIpc) is 2.42. The number of hydrogen-bond donors (Lipinski definition) is 2. The minimum absolute atomic E-state index is 0.111. The Morgan fingerprint density at radius 2 is 1.32 bits per heavy atom. The van der Waals surface area contributed by atoms with Crippen LogP contribution in [0.1, 0.15) is 0 Å². The van der Waals surface area contributed by atoms with Crippen LogP contribution in [0, 0.1) is 0 Å². The number of thiol groups is 1. The second kappa shape index (κ2) is 13.1. The predicted octanol–water partition coefficient (Wildman–Crippen LogP) is -3.84. The van der Waals surface area contributed by atoms with Gasteiger partial charge in [0.05, 0.1) is 13.1 Å². The molecule has 0 heterocycles. The fourth-order valence-electron chi connectivity index (χ4n) is 0.617. The summed E-state index contributed by atoms with van der Waals surface area (Å²) in [6.07, 6.45) is 0. The van der Waals surface area contributed by atoms with E-state index in [0.29, 0.717) is 0 Å². The summed E-state index contributed by atoms with van der Waals surface area (Å²) in [5.74, 6) is -3.49. The summed E-state index contributed by atoms with van der Waals surface area (Å²) in [6.45, 7) is -1.66. The van der Waals surface area contributed by atoms with Gasteiger partial charge in [0.1, 0.15) is 6.54 Å². The van der Waals surface area contributed by atoms with Gasteiger partial charge in [0.15, 0.2) is 0 Å². The van der Waals surface area contributed by atoms with Gasteiger partial charge in [-0.15, -0.1) is 0 Å². The van der Waals surface area contributed by atoms with Crippen molar-refractivity contribution in [2.24, 2.45) is 15.0 Å². The first-order chi connectivity index (χ1) is 8.95. The Bertz CT molecular complexity index is 373. The maximum atomic E-state index is 11.0. The molecule has 106 valence electrons. The van der Waals surface area contributed by atoms with Crippen LogP contribution in [0.5, 0.6) is 0 Å². The number of carboxylic acid groups (broad SMARTS) is 1. The second-order valence-corrected chi connectivity index (χ2v) is 3.00. The second-order valence-electron chi connectivity index (χ2n) is 2.68. The van der Waals surface area contributed by atoms with Gasteiger partial charge in [0.25, 0.3) is 0 Å². The standard InChI is InChI=1S/C8H13N3O5S.O.Tc/c12-5(2-10-7(14)4-17)9-1-6(13)11-3-8(15)16;;/h17H,1-4H2,(H,9,12)(H,10,14)(H,11,13)(H,15,16);;/q;;+3/p-3. The molecule has 0 saturated carbocycles. The summed E-state index contributed by atoms with van der Waals surface area (Å²) >= 11 is 4.54. The molecule has 0 aliphatic rings. The number of aliphatic imine (C=N–C) groups is 3. The summed E-state index contributed by atoms with van der Waals surface area (Å²) in [5, 5.41) is 40.7. The number of hydrogen-bond acceptors (Lipinski definition) is 9. The fourth-order valence-corrected chi connectivity index (χ4v) is 0.717. The first-order valence-corrected chi connectivity index (χ1v) is 5.94. The molecule has 0 aromatic carbocycles. The van der Waals surface area contributed by atoms with Crippen molar-refractivity contribution in [2.45, 2.75) is 0 Å². The molecule has 0 aliphatic carbocycles. The van der Waals surface area contributed by atoms with Gasteiger partial charge in [-0.3, -0.25) is 19.8 Å². The third kappa shape index (κ3) is 14.6. The maximum absolute atomic E-state index is 11.0. The van der Waals surface area contributed by atoms with E-state index in [1.807, 2.05) is 0 Å². The Hall–Kier alpha value is -1.32. The van der Waals surface area contributed by atoms with Crippen molar-refractivity contribution < 1.29 is 47.6 Å². The molecule has 11 heteroatoms. The van der Waals surface area contributed by atoms with Crippen LogP contribution in [0.4, 0.5) is 0 Å². The predicted molar refractivity (Wildman–Crippen MR) is 59.1 cm³/mol. The van der Waals surface area contributed by atoms with Crippen molar-refractivity contribution in [3.05, 3.63) is 0 Å². The molecule has 0 radical (unpaired) electrons. The molecule has 19 heavy (non-hydrogen) atoms. The molecule has 0 aromatic rings. The summed E-state index contributed by atoms with van der Waals surface area (Å²) < 4.78 is 8.22. The van der Waals surface area contributed by atoms with Gasteiger partial charge in [-0.1, -0.05) is 0 Å². The molecule has 1 N–H and O–H groups in total. The Morgan fingerprint density at radius 3 is 1.68 bits per heavy atom. The van der Waals surface area contributed by atoms with E-state index in [0.717, 1.165) is 18.9 Å². The molecule has 0 saturated heterocycles. The summed E-state index contributed by atoms with van der Waals surface area (Å²) in [4.78, 5) is 19.7. The third-order valence-electron chi connectivity index (χ3n) is 1.31. The number of aliphatic carboxylic acids is 1. The van der Waals surface area contributed by atoms with E-state index < -0.39 is 43.3 Å². The van der Waals surface area contributed by atoms with Crippen LogP contribution in [0.15, 0.2) is 15.0 Å². The average molecular weight is 374 g/mol. The van der Waals surface area contributed by atoms with E-state index in [-0.39, 0.29) is 5.75 Å². The zero-order chi connectivity index (χ0) is 15.3. The first kappa shape index (κ1) is 20.0. The van der Waals surface area contributed by atoms with E-state index >= 15 is 0 Å². The van der Waals surface area contributed by atoms with Crippen LogP contribution in [-0.2, 0) is 27.2 Å². The first-order valence-electron chi connectivity index (χ1n) is 4.54. The molecule has 0 rings (SSSR count). The van der Waals surface area contributed by atoms with Crippen molar-refractivity contribution in [1.82, 2.24) is 0 Å². The fraction of sp³-hybridized carbons (Fsp3) is 0.500. The van der Waals surface area contributed by atoms with Crippen molar-refractivity contribution >= 4 is 36.3 Å². The molecule has 0 fully saturated rings. The van der Waals surface area contributed by atoms with E-state index in [4.69, 9.17) is 8.61 Å². The molecule has 0 unspecified atom stereocenters. The van der Waals surface area contributed by atoms with Crippen LogP contribution >= 0.6 is 12.6 Å². The number of rotatable bonds is 7. The van der Waals surface area contributed by atoms with Gasteiger partial charge in [-0.05, 0) is 17.7 Å². The van der Waals surface area contributed by atoms with Crippen molar-refractivity contribution in [3.63, 3.8) is 0 Å². The molecule has 0 aliphatic heterocycles. The van der Waals surface area contributed by atoms with Gasteiger partial charge >= 0.3 is 28.3 Å². The monoisotopic (exact) mass is 373 g/mol. The van der Waals surface area contributed by atoms with Crippen molar-refractivity contribution in [3.8, 4) is 0 Å². The molecular weight excluding hydrogens is 364 g/mol. The molecule has 0 bridgehead atoms. The third-order valence-corrected chi connectivity index (χ3v) is 1.58. The number of nitrogens with zero attached hydrogens (tertiary/aromatic N) is 3. The summed E-state index contributed by atoms with van der Waals surface area (Å²) in [7, 11) is 0. The number of carboxylic acids is 1.